The summed E-state index contributed by atoms with van der Waals surface area (Å²) >= 11 is 1.87. The molecule has 0 bridgehead atoms. The molecule has 6 nitrogen and oxygen atoms in total. The van der Waals surface area contributed by atoms with Gasteiger partial charge in [-0.3, -0.25) is 9.69 Å². The molecule has 32 heavy (non-hydrogen) atoms. The molecule has 3 aromatic rings. The van der Waals surface area contributed by atoms with E-state index in [1.165, 1.54) is 4.88 Å². The van der Waals surface area contributed by atoms with Crippen LogP contribution >= 0.6 is 11.3 Å². The number of nitrogens with one attached hydrogen (secondary N) is 1. The molecular formula is C25H34N4O2S. The Labute approximate surface area is 194 Å². The maximum atomic E-state index is 12.9. The summed E-state index contributed by atoms with van der Waals surface area (Å²) < 4.78 is 5.28. The third kappa shape index (κ3) is 4.56. The zero-order valence-corrected chi connectivity index (χ0v) is 20.4. The molecule has 0 atom stereocenters. The van der Waals surface area contributed by atoms with Crippen LogP contribution in [-0.4, -0.2) is 80.0 Å². The number of ether oxygens (including phenoxy) is 1. The summed E-state index contributed by atoms with van der Waals surface area (Å²) in [5.74, 6) is 0.825. The van der Waals surface area contributed by atoms with Gasteiger partial charge in [-0.05, 0) is 75.6 Å². The molecule has 7 heteroatoms. The van der Waals surface area contributed by atoms with Gasteiger partial charge in [-0.1, -0.05) is 6.07 Å². The molecule has 1 fully saturated rings. The molecule has 1 aliphatic rings. The Bertz CT molecular complexity index is 1040. The number of carbonyl (C=O) groups excluding carboxylic acids is 1. The van der Waals surface area contributed by atoms with E-state index in [4.69, 9.17) is 4.74 Å². The molecule has 1 saturated heterocycles. The third-order valence-electron chi connectivity index (χ3n) is 6.89. The summed E-state index contributed by atoms with van der Waals surface area (Å²) in [6.45, 7) is 3.96. The molecule has 2 aromatic heterocycles. The lowest BCUT2D eigenvalue weighted by Crippen LogP contribution is -2.50. The van der Waals surface area contributed by atoms with Crippen molar-refractivity contribution in [2.45, 2.75) is 24.8 Å². The van der Waals surface area contributed by atoms with Crippen molar-refractivity contribution >= 4 is 28.1 Å². The van der Waals surface area contributed by atoms with Gasteiger partial charge in [0.2, 0.25) is 0 Å². The summed E-state index contributed by atoms with van der Waals surface area (Å²) in [4.78, 5) is 24.4. The molecule has 1 amide bonds. The topological polar surface area (TPSA) is 51.8 Å². The van der Waals surface area contributed by atoms with Crippen LogP contribution in [-0.2, 0) is 5.54 Å². The van der Waals surface area contributed by atoms with Crippen LogP contribution < -0.4 is 4.74 Å². The number of fused-ring (bicyclic) bond motifs is 1. The minimum atomic E-state index is 0.0307. The average molecular weight is 455 g/mol. The number of nitrogens with zero attached hydrogens (tertiary/aromatic N) is 3. The Morgan fingerprint density at radius 3 is 2.62 bits per heavy atom. The largest absolute Gasteiger partial charge is 0.497 e. The van der Waals surface area contributed by atoms with E-state index in [9.17, 15) is 4.79 Å². The highest BCUT2D eigenvalue weighted by atomic mass is 32.1. The SMILES string of the molecule is COc1ccc2[nH]c(C(=O)N(C)CCCN3CCC(c4cccs4)(N(C)C)CC3)cc2c1. The minimum absolute atomic E-state index is 0.0307. The fourth-order valence-electron chi connectivity index (χ4n) is 4.80. The standard InChI is InChI=1S/C25H34N4O2S/c1-27(2)25(23-7-5-16-32-23)10-14-29(15-11-25)13-6-12-28(3)24(30)22-18-19-17-20(31-4)8-9-21(19)26-22/h5,7-9,16-18,26H,6,10-15H2,1-4H3. The van der Waals surface area contributed by atoms with Crippen LogP contribution in [0.5, 0.6) is 5.75 Å². The summed E-state index contributed by atoms with van der Waals surface area (Å²) in [5, 5.41) is 3.17. The third-order valence-corrected chi connectivity index (χ3v) is 7.96. The Morgan fingerprint density at radius 2 is 1.97 bits per heavy atom. The predicted molar refractivity (Wildman–Crippen MR) is 132 cm³/mol. The van der Waals surface area contributed by atoms with Gasteiger partial charge in [0, 0.05) is 42.5 Å². The smallest absolute Gasteiger partial charge is 0.270 e. The number of benzene rings is 1. The van der Waals surface area contributed by atoms with Gasteiger partial charge in [0.05, 0.1) is 12.6 Å². The van der Waals surface area contributed by atoms with Gasteiger partial charge in [-0.2, -0.15) is 0 Å². The first-order chi connectivity index (χ1) is 15.4. The second kappa shape index (κ2) is 9.65. The molecule has 0 saturated carbocycles. The first-order valence-corrected chi connectivity index (χ1v) is 12.2. The first kappa shape index (κ1) is 22.8. The van der Waals surface area contributed by atoms with E-state index in [-0.39, 0.29) is 11.4 Å². The molecule has 0 radical (unpaired) electrons. The van der Waals surface area contributed by atoms with Crippen molar-refractivity contribution in [3.63, 3.8) is 0 Å². The van der Waals surface area contributed by atoms with Crippen LogP contribution in [0.2, 0.25) is 0 Å². The van der Waals surface area contributed by atoms with E-state index in [1.807, 2.05) is 47.5 Å². The van der Waals surface area contributed by atoms with Crippen molar-refractivity contribution in [2.75, 3.05) is 54.4 Å². The Hall–Kier alpha value is -2.35. The second-order valence-electron chi connectivity index (χ2n) is 8.96. The number of methoxy groups -OCH3 is 1. The molecule has 1 aliphatic heterocycles. The molecule has 1 aromatic carbocycles. The van der Waals surface area contributed by atoms with Crippen molar-refractivity contribution in [1.82, 2.24) is 19.7 Å². The fraction of sp³-hybridized carbons (Fsp3) is 0.480. The van der Waals surface area contributed by atoms with Crippen molar-refractivity contribution in [3.8, 4) is 5.75 Å². The lowest BCUT2D eigenvalue weighted by molar-refractivity contribution is 0.0545. The van der Waals surface area contributed by atoms with E-state index in [0.717, 1.165) is 62.1 Å². The first-order valence-electron chi connectivity index (χ1n) is 11.3. The van der Waals surface area contributed by atoms with E-state index >= 15 is 0 Å². The van der Waals surface area contributed by atoms with Crippen molar-refractivity contribution in [2.24, 2.45) is 0 Å². The number of amides is 1. The molecule has 0 aliphatic carbocycles. The fourth-order valence-corrected chi connectivity index (χ4v) is 5.86. The van der Waals surface area contributed by atoms with Crippen LogP contribution in [0.15, 0.2) is 41.8 Å². The van der Waals surface area contributed by atoms with Crippen LogP contribution in [0.1, 0.15) is 34.6 Å². The number of hydrogen-bond acceptors (Lipinski definition) is 5. The van der Waals surface area contributed by atoms with Gasteiger partial charge in [0.15, 0.2) is 0 Å². The number of thiophene rings is 1. The normalized spacial score (nSPS) is 16.5. The number of hydrogen-bond donors (Lipinski definition) is 1. The molecule has 4 rings (SSSR count). The molecule has 1 N–H and O–H groups in total. The van der Waals surface area contributed by atoms with Gasteiger partial charge >= 0.3 is 0 Å². The van der Waals surface area contributed by atoms with Gasteiger partial charge in [-0.15, -0.1) is 11.3 Å². The summed E-state index contributed by atoms with van der Waals surface area (Å²) in [6.07, 6.45) is 3.27. The van der Waals surface area contributed by atoms with E-state index in [1.54, 1.807) is 7.11 Å². The maximum absolute atomic E-state index is 12.9. The zero-order chi connectivity index (χ0) is 22.7. The highest BCUT2D eigenvalue weighted by molar-refractivity contribution is 7.10. The number of aromatic nitrogens is 1. The molecular weight excluding hydrogens is 420 g/mol. The number of H-pyrrole nitrogens is 1. The number of likely N-dealkylation sites (tertiary alicyclic amines) is 1. The highest BCUT2D eigenvalue weighted by Gasteiger charge is 2.38. The predicted octanol–water partition coefficient (Wildman–Crippen LogP) is 4.25. The highest BCUT2D eigenvalue weighted by Crippen LogP contribution is 2.39. The lowest BCUT2D eigenvalue weighted by atomic mass is 9.84. The Balaban J connectivity index is 1.28. The zero-order valence-electron chi connectivity index (χ0n) is 19.6. The Kier molecular flexibility index (Phi) is 6.88. The summed E-state index contributed by atoms with van der Waals surface area (Å²) in [7, 11) is 7.95. The lowest BCUT2D eigenvalue weighted by Gasteiger charge is -2.46. The molecule has 0 spiro atoms. The monoisotopic (exact) mass is 454 g/mol. The van der Waals surface area contributed by atoms with Crippen molar-refractivity contribution in [1.29, 1.82) is 0 Å². The summed E-state index contributed by atoms with van der Waals surface area (Å²) in [5.41, 5.74) is 1.74. The maximum Gasteiger partial charge on any atom is 0.270 e. The Morgan fingerprint density at radius 1 is 1.19 bits per heavy atom. The van der Waals surface area contributed by atoms with Crippen LogP contribution in [0.4, 0.5) is 0 Å². The van der Waals surface area contributed by atoms with Crippen molar-refractivity contribution in [3.05, 3.63) is 52.3 Å². The number of rotatable bonds is 8. The number of piperidine rings is 1. The van der Waals surface area contributed by atoms with Crippen LogP contribution in [0.3, 0.4) is 0 Å². The van der Waals surface area contributed by atoms with Gasteiger partial charge in [-0.25, -0.2) is 0 Å². The molecule has 172 valence electrons. The number of aromatic amines is 1. The minimum Gasteiger partial charge on any atom is -0.497 e. The molecule has 3 heterocycles. The second-order valence-corrected chi connectivity index (χ2v) is 9.91. The quantitative estimate of drug-likeness (QED) is 0.553. The van der Waals surface area contributed by atoms with E-state index < -0.39 is 0 Å². The number of carbonyl (C=O) groups is 1. The van der Waals surface area contributed by atoms with E-state index in [2.05, 4.69) is 46.4 Å². The average Bonchev–Trinajstić information content (AvgIpc) is 3.48. The van der Waals surface area contributed by atoms with Gasteiger partial charge in [0.1, 0.15) is 11.4 Å². The van der Waals surface area contributed by atoms with Crippen LogP contribution in [0, 0.1) is 0 Å². The van der Waals surface area contributed by atoms with Crippen molar-refractivity contribution < 1.29 is 9.53 Å². The molecule has 0 unspecified atom stereocenters. The summed E-state index contributed by atoms with van der Waals surface area (Å²) in [6, 6.07) is 12.1. The van der Waals surface area contributed by atoms with Gasteiger partial charge in [0.25, 0.3) is 5.91 Å². The van der Waals surface area contributed by atoms with Gasteiger partial charge < -0.3 is 19.5 Å². The van der Waals surface area contributed by atoms with E-state index in [0.29, 0.717) is 5.69 Å². The van der Waals surface area contributed by atoms with Crippen LogP contribution in [0.25, 0.3) is 10.9 Å².